The van der Waals surface area contributed by atoms with Crippen LogP contribution in [0.2, 0.25) is 0 Å². The molecule has 0 aromatic heterocycles. The molecule has 2 aromatic carbocycles. The van der Waals surface area contributed by atoms with E-state index in [4.69, 9.17) is 9.47 Å². The molecule has 0 unspecified atom stereocenters. The lowest BCUT2D eigenvalue weighted by atomic mass is 10.2. The molecule has 0 saturated carbocycles. The van der Waals surface area contributed by atoms with Crippen LogP contribution in [-0.2, 0) is 4.74 Å². The molecule has 0 heterocycles. The summed E-state index contributed by atoms with van der Waals surface area (Å²) in [6.07, 6.45) is 6.02. The molecule has 0 N–H and O–H groups in total. The van der Waals surface area contributed by atoms with Crippen LogP contribution in [-0.4, -0.2) is 14.2 Å². The van der Waals surface area contributed by atoms with E-state index in [2.05, 4.69) is 6.08 Å². The average molecular weight is 296 g/mol. The molecule has 0 amide bonds. The maximum Gasteiger partial charge on any atom is 0.121 e. The van der Waals surface area contributed by atoms with Gasteiger partial charge in [-0.15, -0.1) is 0 Å². The summed E-state index contributed by atoms with van der Waals surface area (Å²) in [7, 11) is 3.35. The molecule has 0 radical (unpaired) electrons. The summed E-state index contributed by atoms with van der Waals surface area (Å²) in [5.41, 5.74) is 2.32. The molecule has 116 valence electrons. The molecule has 2 aromatic rings. The SMILES string of the molecule is CC=C(OC)c1ccccc1.CC=Cc1ccc(OC)cc1. The van der Waals surface area contributed by atoms with Gasteiger partial charge in [0.2, 0.25) is 0 Å². The highest BCUT2D eigenvalue weighted by atomic mass is 16.5. The van der Waals surface area contributed by atoms with Crippen LogP contribution in [0.5, 0.6) is 5.75 Å². The smallest absolute Gasteiger partial charge is 0.121 e. The number of methoxy groups -OCH3 is 2. The van der Waals surface area contributed by atoms with Gasteiger partial charge in [0, 0.05) is 5.56 Å². The molecule has 22 heavy (non-hydrogen) atoms. The quantitative estimate of drug-likeness (QED) is 0.701. The Balaban J connectivity index is 0.000000220. The molecule has 0 fully saturated rings. The lowest BCUT2D eigenvalue weighted by molar-refractivity contribution is 0.369. The van der Waals surface area contributed by atoms with Crippen LogP contribution >= 0.6 is 0 Å². The van der Waals surface area contributed by atoms with Gasteiger partial charge in [-0.25, -0.2) is 0 Å². The molecule has 0 bridgehead atoms. The maximum atomic E-state index is 5.15. The number of benzene rings is 2. The Morgan fingerprint density at radius 2 is 1.50 bits per heavy atom. The molecule has 0 aliphatic rings. The highest BCUT2D eigenvalue weighted by molar-refractivity contribution is 5.58. The third kappa shape index (κ3) is 5.88. The first-order valence-electron chi connectivity index (χ1n) is 7.27. The first-order chi connectivity index (χ1) is 10.7. The minimum absolute atomic E-state index is 0.901. The van der Waals surface area contributed by atoms with E-state index in [-0.39, 0.29) is 0 Å². The van der Waals surface area contributed by atoms with Crippen LogP contribution in [0.4, 0.5) is 0 Å². The second kappa shape index (κ2) is 10.3. The first-order valence-corrected chi connectivity index (χ1v) is 7.27. The van der Waals surface area contributed by atoms with Crippen LogP contribution in [0.1, 0.15) is 25.0 Å². The van der Waals surface area contributed by atoms with Crippen LogP contribution < -0.4 is 4.74 Å². The summed E-state index contributed by atoms with van der Waals surface area (Å²) in [6.45, 7) is 3.97. The second-order valence-corrected chi connectivity index (χ2v) is 4.50. The Bertz CT molecular complexity index is 581. The molecular formula is C20H24O2. The Kier molecular flexibility index (Phi) is 8.21. The van der Waals surface area contributed by atoms with Crippen molar-refractivity contribution in [2.45, 2.75) is 13.8 Å². The minimum Gasteiger partial charge on any atom is -0.497 e. The molecule has 2 nitrogen and oxygen atoms in total. The van der Waals surface area contributed by atoms with E-state index in [1.807, 2.05) is 80.6 Å². The number of hydrogen-bond donors (Lipinski definition) is 0. The van der Waals surface area contributed by atoms with Crippen molar-refractivity contribution in [3.05, 3.63) is 77.9 Å². The normalized spacial score (nSPS) is 10.8. The zero-order valence-electron chi connectivity index (χ0n) is 13.7. The van der Waals surface area contributed by atoms with Crippen molar-refractivity contribution >= 4 is 11.8 Å². The van der Waals surface area contributed by atoms with Gasteiger partial charge < -0.3 is 9.47 Å². The van der Waals surface area contributed by atoms with Crippen LogP contribution in [0.25, 0.3) is 11.8 Å². The zero-order valence-corrected chi connectivity index (χ0v) is 13.7. The number of ether oxygens (including phenoxy) is 2. The fraction of sp³-hybridized carbons (Fsp3) is 0.200. The zero-order chi connectivity index (χ0) is 16.2. The third-order valence-corrected chi connectivity index (χ3v) is 3.02. The molecule has 0 spiro atoms. The van der Waals surface area contributed by atoms with E-state index in [0.29, 0.717) is 0 Å². The van der Waals surface area contributed by atoms with Gasteiger partial charge in [0.25, 0.3) is 0 Å². The van der Waals surface area contributed by atoms with Gasteiger partial charge in [-0.05, 0) is 37.6 Å². The fourth-order valence-electron chi connectivity index (χ4n) is 1.91. The van der Waals surface area contributed by atoms with Gasteiger partial charge in [-0.2, -0.15) is 0 Å². The van der Waals surface area contributed by atoms with Gasteiger partial charge in [0.1, 0.15) is 11.5 Å². The van der Waals surface area contributed by atoms with Crippen LogP contribution in [0.15, 0.2) is 66.7 Å². The number of hydrogen-bond acceptors (Lipinski definition) is 2. The summed E-state index contributed by atoms with van der Waals surface area (Å²) in [4.78, 5) is 0. The van der Waals surface area contributed by atoms with Gasteiger partial charge in [-0.3, -0.25) is 0 Å². The molecule has 0 atom stereocenters. The van der Waals surface area contributed by atoms with Gasteiger partial charge in [0.05, 0.1) is 14.2 Å². The molecular weight excluding hydrogens is 272 g/mol. The Hall–Kier alpha value is -2.48. The molecule has 2 rings (SSSR count). The maximum absolute atomic E-state index is 5.15. The van der Waals surface area contributed by atoms with Gasteiger partial charge >= 0.3 is 0 Å². The monoisotopic (exact) mass is 296 g/mol. The van der Waals surface area contributed by atoms with Crippen molar-refractivity contribution in [1.29, 1.82) is 0 Å². The van der Waals surface area contributed by atoms with E-state index in [9.17, 15) is 0 Å². The largest absolute Gasteiger partial charge is 0.497 e. The van der Waals surface area contributed by atoms with Gasteiger partial charge in [0.15, 0.2) is 0 Å². The molecule has 0 aliphatic heterocycles. The van der Waals surface area contributed by atoms with E-state index >= 15 is 0 Å². The van der Waals surface area contributed by atoms with Crippen molar-refractivity contribution in [3.63, 3.8) is 0 Å². The summed E-state index contributed by atoms with van der Waals surface area (Å²) < 4.78 is 10.2. The van der Waals surface area contributed by atoms with Crippen LogP contribution in [0, 0.1) is 0 Å². The summed E-state index contributed by atoms with van der Waals surface area (Å²) in [5.74, 6) is 1.82. The summed E-state index contributed by atoms with van der Waals surface area (Å²) in [6, 6.07) is 18.0. The van der Waals surface area contributed by atoms with E-state index in [1.54, 1.807) is 14.2 Å². The van der Waals surface area contributed by atoms with E-state index in [0.717, 1.165) is 17.1 Å². The molecule has 0 aliphatic carbocycles. The molecule has 0 saturated heterocycles. The predicted octanol–water partition coefficient (Wildman–Crippen LogP) is 5.42. The highest BCUT2D eigenvalue weighted by Crippen LogP contribution is 2.13. The highest BCUT2D eigenvalue weighted by Gasteiger charge is 1.95. The predicted molar refractivity (Wildman–Crippen MR) is 94.8 cm³/mol. The Morgan fingerprint density at radius 1 is 0.864 bits per heavy atom. The van der Waals surface area contributed by atoms with Crippen LogP contribution in [0.3, 0.4) is 0 Å². The van der Waals surface area contributed by atoms with E-state index in [1.165, 1.54) is 5.56 Å². The Morgan fingerprint density at radius 3 is 1.95 bits per heavy atom. The third-order valence-electron chi connectivity index (χ3n) is 3.02. The van der Waals surface area contributed by atoms with Crippen molar-refractivity contribution in [2.75, 3.05) is 14.2 Å². The lowest BCUT2D eigenvalue weighted by Gasteiger charge is -2.03. The summed E-state index contributed by atoms with van der Waals surface area (Å²) in [5, 5.41) is 0. The second-order valence-electron chi connectivity index (χ2n) is 4.50. The van der Waals surface area contributed by atoms with Crippen molar-refractivity contribution in [1.82, 2.24) is 0 Å². The fourth-order valence-corrected chi connectivity index (χ4v) is 1.91. The Labute approximate surface area is 133 Å². The minimum atomic E-state index is 0.901. The number of rotatable bonds is 4. The van der Waals surface area contributed by atoms with E-state index < -0.39 is 0 Å². The van der Waals surface area contributed by atoms with Crippen molar-refractivity contribution < 1.29 is 9.47 Å². The topological polar surface area (TPSA) is 18.5 Å². The van der Waals surface area contributed by atoms with Crippen molar-refractivity contribution in [2.24, 2.45) is 0 Å². The molecule has 2 heteroatoms. The number of allylic oxidation sites excluding steroid dienone is 2. The first kappa shape index (κ1) is 17.6. The standard InChI is InChI=1S/2C10H12O/c1-3-10(11-2)9-7-5-4-6-8-9;1-3-4-9-5-7-10(11-2)8-6-9/h2*3-8H,1-2H3. The summed E-state index contributed by atoms with van der Waals surface area (Å²) >= 11 is 0. The van der Waals surface area contributed by atoms with Crippen molar-refractivity contribution in [3.8, 4) is 5.75 Å². The lowest BCUT2D eigenvalue weighted by Crippen LogP contribution is -1.84. The van der Waals surface area contributed by atoms with Gasteiger partial charge in [-0.1, -0.05) is 54.6 Å². The average Bonchev–Trinajstić information content (AvgIpc) is 2.59.